The standard InChI is InChI=1S/C57H48N6O3/c1-30-8-13-53-40(18-30)47(28-65)57(62-53)32(3)45-26-60-51-15-10-34(20-41(45)51)35-11-16-52-42(21-35)46(27-64)55(61-52)23-37-24-58-50-14-9-33(19-39(37)50)36-12-17-54-43(22-36)48(29-66)56(63-54)31(2)44-25-59-49-7-5-4-6-38(44)49/h4-22,24-26,28,31-32,58-64,66H,23,27,29H2,1-3H3. The number of aromatic amines is 6. The summed E-state index contributed by atoms with van der Waals surface area (Å²) in [6.45, 7) is 6.22. The SMILES string of the molecule is Cc1ccc2[nH]c(C(C)c3c[nH]c4ccc(-c5ccc6[nH]c(Cc7c[nH]c8ccc(-c9ccc%10[nH]c(C(C)c%11c[nH]c%12ccccc%11%12)c(CO)c%10c9)cc78)c(CO)c6c5)cc34)c(C=O)c2c1. The summed E-state index contributed by atoms with van der Waals surface area (Å²) in [6, 6.07) is 40.4. The van der Waals surface area contributed by atoms with E-state index in [0.29, 0.717) is 12.0 Å². The Morgan fingerprint density at radius 1 is 0.500 bits per heavy atom. The lowest BCUT2D eigenvalue weighted by Crippen LogP contribution is -2.00. The lowest BCUT2D eigenvalue weighted by molar-refractivity contribution is 0.112. The van der Waals surface area contributed by atoms with Crippen molar-refractivity contribution in [3.63, 3.8) is 0 Å². The van der Waals surface area contributed by atoms with Gasteiger partial charge in [0, 0.05) is 136 Å². The number of aldehydes is 1. The second-order valence-corrected chi connectivity index (χ2v) is 18.0. The van der Waals surface area contributed by atoms with Crippen molar-refractivity contribution in [3.8, 4) is 22.3 Å². The minimum Gasteiger partial charge on any atom is -0.392 e. The zero-order chi connectivity index (χ0) is 44.8. The Bertz CT molecular complexity index is 3870. The van der Waals surface area contributed by atoms with E-state index < -0.39 is 0 Å². The Hall–Kier alpha value is -7.85. The Morgan fingerprint density at radius 3 is 1.71 bits per heavy atom. The molecule has 0 aliphatic carbocycles. The van der Waals surface area contributed by atoms with Crippen molar-refractivity contribution in [2.24, 2.45) is 0 Å². The Kier molecular flexibility index (Phi) is 9.27. The molecule has 12 rings (SSSR count). The monoisotopic (exact) mass is 864 g/mol. The van der Waals surface area contributed by atoms with Gasteiger partial charge in [-0.05, 0) is 113 Å². The third-order valence-electron chi connectivity index (χ3n) is 14.3. The summed E-state index contributed by atoms with van der Waals surface area (Å²) in [7, 11) is 0. The van der Waals surface area contributed by atoms with Crippen molar-refractivity contribution in [2.45, 2.75) is 52.2 Å². The summed E-state index contributed by atoms with van der Waals surface area (Å²) in [5.74, 6) is -0.00491. The third kappa shape index (κ3) is 6.26. The van der Waals surface area contributed by atoms with Crippen LogP contribution < -0.4 is 0 Å². The molecule has 0 amide bonds. The van der Waals surface area contributed by atoms with Crippen molar-refractivity contribution in [2.75, 3.05) is 0 Å². The molecule has 0 saturated carbocycles. The number of carbonyl (C=O) groups excluding carboxylic acids is 1. The minimum absolute atomic E-state index is 0.0512. The average molecular weight is 865 g/mol. The minimum atomic E-state index is -0.0984. The first-order valence-electron chi connectivity index (χ1n) is 22.6. The highest BCUT2D eigenvalue weighted by atomic mass is 16.3. The van der Waals surface area contributed by atoms with Gasteiger partial charge in [0.15, 0.2) is 6.29 Å². The number of H-pyrrole nitrogens is 6. The topological polar surface area (TPSA) is 152 Å². The van der Waals surface area contributed by atoms with E-state index in [2.05, 4.69) is 165 Å². The predicted molar refractivity (Wildman–Crippen MR) is 268 cm³/mol. The number of nitrogens with one attached hydrogen (secondary N) is 6. The van der Waals surface area contributed by atoms with Gasteiger partial charge in [-0.1, -0.05) is 67.9 Å². The smallest absolute Gasteiger partial charge is 0.152 e. The van der Waals surface area contributed by atoms with E-state index in [9.17, 15) is 15.0 Å². The highest BCUT2D eigenvalue weighted by Gasteiger charge is 2.23. The Labute approximate surface area is 379 Å². The first kappa shape index (κ1) is 39.7. The molecule has 0 radical (unpaired) electrons. The van der Waals surface area contributed by atoms with Crippen LogP contribution in [0.5, 0.6) is 0 Å². The maximum absolute atomic E-state index is 12.4. The molecule has 8 N–H and O–H groups in total. The van der Waals surface area contributed by atoms with Crippen LogP contribution in [0, 0.1) is 6.92 Å². The summed E-state index contributed by atoms with van der Waals surface area (Å²) in [5.41, 5.74) is 20.4. The van der Waals surface area contributed by atoms with Gasteiger partial charge in [-0.15, -0.1) is 0 Å². The van der Waals surface area contributed by atoms with Crippen LogP contribution in [0.2, 0.25) is 0 Å². The van der Waals surface area contributed by atoms with Crippen molar-refractivity contribution in [1.82, 2.24) is 29.9 Å². The molecule has 2 unspecified atom stereocenters. The lowest BCUT2D eigenvalue weighted by Gasteiger charge is -2.11. The van der Waals surface area contributed by atoms with E-state index >= 15 is 0 Å². The number of hydrogen-bond donors (Lipinski definition) is 8. The molecule has 0 bridgehead atoms. The normalized spacial score (nSPS) is 13.0. The number of para-hydroxylation sites is 1. The molecule has 6 aromatic heterocycles. The maximum Gasteiger partial charge on any atom is 0.152 e. The van der Waals surface area contributed by atoms with Crippen LogP contribution in [0.25, 0.3) is 87.7 Å². The zero-order valence-corrected chi connectivity index (χ0v) is 36.9. The number of fused-ring (bicyclic) bond motifs is 6. The largest absolute Gasteiger partial charge is 0.392 e. The van der Waals surface area contributed by atoms with E-state index in [0.717, 1.165) is 133 Å². The van der Waals surface area contributed by atoms with Crippen LogP contribution >= 0.6 is 0 Å². The van der Waals surface area contributed by atoms with E-state index in [4.69, 9.17) is 0 Å². The molecule has 9 nitrogen and oxygen atoms in total. The summed E-state index contributed by atoms with van der Waals surface area (Å²) in [4.78, 5) is 33.7. The van der Waals surface area contributed by atoms with Crippen LogP contribution in [0.3, 0.4) is 0 Å². The Balaban J connectivity index is 0.852. The molecule has 0 aliphatic rings. The number of benzene rings is 6. The summed E-state index contributed by atoms with van der Waals surface area (Å²) >= 11 is 0. The second-order valence-electron chi connectivity index (χ2n) is 18.0. The zero-order valence-electron chi connectivity index (χ0n) is 36.9. The van der Waals surface area contributed by atoms with Crippen LogP contribution in [0.1, 0.15) is 86.5 Å². The van der Waals surface area contributed by atoms with Gasteiger partial charge in [-0.3, -0.25) is 4.79 Å². The van der Waals surface area contributed by atoms with E-state index in [-0.39, 0.29) is 25.0 Å². The molecule has 0 fully saturated rings. The van der Waals surface area contributed by atoms with Gasteiger partial charge in [0.1, 0.15) is 0 Å². The van der Waals surface area contributed by atoms with Crippen molar-refractivity contribution in [1.29, 1.82) is 0 Å². The molecule has 66 heavy (non-hydrogen) atoms. The highest BCUT2D eigenvalue weighted by Crippen LogP contribution is 2.40. The first-order valence-corrected chi connectivity index (χ1v) is 22.6. The number of aliphatic hydroxyl groups is 2. The first-order chi connectivity index (χ1) is 32.3. The van der Waals surface area contributed by atoms with Crippen LogP contribution in [0.4, 0.5) is 0 Å². The van der Waals surface area contributed by atoms with E-state index in [1.54, 1.807) is 0 Å². The molecule has 0 saturated heterocycles. The number of aryl methyl sites for hydroxylation is 1. The maximum atomic E-state index is 12.4. The number of rotatable bonds is 11. The van der Waals surface area contributed by atoms with Crippen molar-refractivity contribution < 1.29 is 15.0 Å². The fourth-order valence-electron chi connectivity index (χ4n) is 10.8. The van der Waals surface area contributed by atoms with Gasteiger partial charge >= 0.3 is 0 Å². The molecule has 324 valence electrons. The van der Waals surface area contributed by atoms with Gasteiger partial charge in [-0.2, -0.15) is 0 Å². The number of carbonyl (C=O) groups is 1. The molecular formula is C57H48N6O3. The van der Waals surface area contributed by atoms with Gasteiger partial charge in [0.05, 0.1) is 13.2 Å². The Morgan fingerprint density at radius 2 is 1.02 bits per heavy atom. The molecule has 0 spiro atoms. The summed E-state index contributed by atoms with van der Waals surface area (Å²) in [5, 5.41) is 28.0. The average Bonchev–Trinajstić information content (AvgIpc) is 4.21. The highest BCUT2D eigenvalue weighted by molar-refractivity contribution is 6.01. The number of aromatic nitrogens is 6. The summed E-state index contributed by atoms with van der Waals surface area (Å²) < 4.78 is 0. The van der Waals surface area contributed by atoms with Crippen LogP contribution in [-0.2, 0) is 19.6 Å². The molecule has 0 aliphatic heterocycles. The molecule has 6 heterocycles. The molecule has 2 atom stereocenters. The second kappa shape index (κ2) is 15.4. The quantitative estimate of drug-likeness (QED) is 0.0611. The predicted octanol–water partition coefficient (Wildman–Crippen LogP) is 12.9. The van der Waals surface area contributed by atoms with Gasteiger partial charge < -0.3 is 40.1 Å². The fourth-order valence-corrected chi connectivity index (χ4v) is 10.8. The van der Waals surface area contributed by atoms with Gasteiger partial charge in [-0.25, -0.2) is 0 Å². The number of aliphatic hydroxyl groups excluding tert-OH is 2. The molecule has 12 aromatic rings. The lowest BCUT2D eigenvalue weighted by atomic mass is 9.92. The van der Waals surface area contributed by atoms with Crippen LogP contribution in [-0.4, -0.2) is 46.4 Å². The van der Waals surface area contributed by atoms with Crippen molar-refractivity contribution >= 4 is 71.7 Å². The summed E-state index contributed by atoms with van der Waals surface area (Å²) in [6.07, 6.45) is 7.79. The molecule has 6 aromatic carbocycles. The van der Waals surface area contributed by atoms with Crippen molar-refractivity contribution in [3.05, 3.63) is 190 Å². The van der Waals surface area contributed by atoms with E-state index in [1.807, 2.05) is 19.1 Å². The van der Waals surface area contributed by atoms with Crippen LogP contribution in [0.15, 0.2) is 134 Å². The van der Waals surface area contributed by atoms with E-state index in [1.165, 1.54) is 10.9 Å². The number of hydrogen-bond acceptors (Lipinski definition) is 3. The van der Waals surface area contributed by atoms with Gasteiger partial charge in [0.2, 0.25) is 0 Å². The third-order valence-corrected chi connectivity index (χ3v) is 14.3. The molecule has 9 heteroatoms. The molecular weight excluding hydrogens is 817 g/mol. The fraction of sp³-hybridized carbons (Fsp3) is 0.140. The van der Waals surface area contributed by atoms with Gasteiger partial charge in [0.25, 0.3) is 0 Å².